The predicted molar refractivity (Wildman–Crippen MR) is 104 cm³/mol. The highest BCUT2D eigenvalue weighted by Gasteiger charge is 2.21. The Balaban J connectivity index is 1.60. The van der Waals surface area contributed by atoms with Crippen molar-refractivity contribution in [3.63, 3.8) is 0 Å². The molecule has 0 radical (unpaired) electrons. The second kappa shape index (κ2) is 6.89. The number of anilines is 2. The number of thiocarbonyl (C=S) groups is 1. The molecule has 0 spiro atoms. The van der Waals surface area contributed by atoms with Crippen molar-refractivity contribution >= 4 is 40.0 Å². The van der Waals surface area contributed by atoms with Gasteiger partial charge in [0.05, 0.1) is 5.39 Å². The average molecular weight is 380 g/mol. The van der Waals surface area contributed by atoms with Gasteiger partial charge in [0.2, 0.25) is 0 Å². The quantitative estimate of drug-likeness (QED) is 0.364. The summed E-state index contributed by atoms with van der Waals surface area (Å²) in [5.41, 5.74) is 0.0417. The molecule has 0 saturated heterocycles. The molecule has 2 heterocycles. The number of fused-ring (bicyclic) bond motifs is 1. The van der Waals surface area contributed by atoms with Crippen LogP contribution in [-0.2, 0) is 0 Å². The van der Waals surface area contributed by atoms with E-state index in [1.165, 1.54) is 0 Å². The van der Waals surface area contributed by atoms with Gasteiger partial charge in [0.1, 0.15) is 11.3 Å². The Kier molecular flexibility index (Phi) is 4.27. The Labute approximate surface area is 157 Å². The number of nitrogens with zero attached hydrogens (tertiary/aromatic N) is 2. The van der Waals surface area contributed by atoms with Gasteiger partial charge in [0.15, 0.2) is 10.7 Å². The van der Waals surface area contributed by atoms with Gasteiger partial charge in [-0.3, -0.25) is 5.32 Å². The van der Waals surface area contributed by atoms with Crippen molar-refractivity contribution in [2.75, 3.05) is 10.6 Å². The van der Waals surface area contributed by atoms with E-state index in [4.69, 9.17) is 21.1 Å². The lowest BCUT2D eigenvalue weighted by Crippen LogP contribution is -2.19. The molecule has 0 aliphatic heterocycles. The second-order valence-electron chi connectivity index (χ2n) is 5.47. The Morgan fingerprint density at radius 2 is 1.70 bits per heavy atom. The van der Waals surface area contributed by atoms with Gasteiger partial charge in [-0.1, -0.05) is 35.4 Å². The zero-order valence-corrected chi connectivity index (χ0v) is 14.5. The van der Waals surface area contributed by atoms with E-state index in [1.807, 2.05) is 30.3 Å². The number of aromatic hydroxyl groups is 1. The maximum atomic E-state index is 12.2. The van der Waals surface area contributed by atoms with Crippen LogP contribution in [0, 0.1) is 0 Å². The minimum absolute atomic E-state index is 0.0367. The van der Waals surface area contributed by atoms with Crippen molar-refractivity contribution in [3.8, 4) is 17.2 Å². The van der Waals surface area contributed by atoms with Gasteiger partial charge in [0.25, 0.3) is 5.89 Å². The first-order chi connectivity index (χ1) is 13.1. The molecule has 0 aliphatic rings. The molecule has 2 aromatic heterocycles. The minimum atomic E-state index is -0.786. The number of rotatable bonds is 3. The van der Waals surface area contributed by atoms with E-state index < -0.39 is 5.63 Å². The number of para-hydroxylation sites is 2. The van der Waals surface area contributed by atoms with Crippen LogP contribution in [0.2, 0.25) is 0 Å². The third kappa shape index (κ3) is 3.35. The SMILES string of the molecule is O=c1oc2ccccc2c(O)c1-c1nnc(NC(=S)Nc2ccccc2)o1. The molecule has 134 valence electrons. The fourth-order valence-electron chi connectivity index (χ4n) is 2.48. The van der Waals surface area contributed by atoms with E-state index in [-0.39, 0.29) is 33.9 Å². The molecular weight excluding hydrogens is 368 g/mol. The summed E-state index contributed by atoms with van der Waals surface area (Å²) in [5, 5.41) is 24.3. The van der Waals surface area contributed by atoms with Gasteiger partial charge in [-0.25, -0.2) is 4.79 Å². The number of nitrogens with one attached hydrogen (secondary N) is 2. The minimum Gasteiger partial charge on any atom is -0.506 e. The molecule has 3 N–H and O–H groups in total. The Bertz CT molecular complexity index is 1190. The van der Waals surface area contributed by atoms with Gasteiger partial charge in [-0.15, -0.1) is 5.10 Å². The average Bonchev–Trinajstić information content (AvgIpc) is 3.10. The second-order valence-corrected chi connectivity index (χ2v) is 5.88. The molecule has 0 saturated carbocycles. The number of hydrogen-bond donors (Lipinski definition) is 3. The lowest BCUT2D eigenvalue weighted by molar-refractivity contribution is 0.465. The highest BCUT2D eigenvalue weighted by molar-refractivity contribution is 7.80. The van der Waals surface area contributed by atoms with Crippen LogP contribution in [0.15, 0.2) is 68.2 Å². The van der Waals surface area contributed by atoms with Gasteiger partial charge >= 0.3 is 11.6 Å². The molecule has 9 heteroatoms. The Morgan fingerprint density at radius 1 is 0.963 bits per heavy atom. The van der Waals surface area contributed by atoms with Crippen LogP contribution in [0.5, 0.6) is 5.75 Å². The van der Waals surface area contributed by atoms with Crippen molar-refractivity contribution in [2.24, 2.45) is 0 Å². The fourth-order valence-corrected chi connectivity index (χ4v) is 2.68. The molecule has 0 fully saturated rings. The molecule has 8 nitrogen and oxygen atoms in total. The molecule has 4 aromatic rings. The van der Waals surface area contributed by atoms with Crippen LogP contribution in [0.1, 0.15) is 0 Å². The summed E-state index contributed by atoms with van der Waals surface area (Å²) in [6, 6.07) is 15.8. The lowest BCUT2D eigenvalue weighted by Gasteiger charge is -2.06. The van der Waals surface area contributed by atoms with Gasteiger partial charge in [-0.05, 0) is 36.5 Å². The third-order valence-corrected chi connectivity index (χ3v) is 3.88. The molecule has 0 bridgehead atoms. The molecule has 27 heavy (non-hydrogen) atoms. The van der Waals surface area contributed by atoms with Crippen molar-refractivity contribution in [1.82, 2.24) is 10.2 Å². The molecule has 0 amide bonds. The van der Waals surface area contributed by atoms with Crippen LogP contribution in [-0.4, -0.2) is 20.4 Å². The highest BCUT2D eigenvalue weighted by Crippen LogP contribution is 2.32. The van der Waals surface area contributed by atoms with Crippen LogP contribution < -0.4 is 16.3 Å². The summed E-state index contributed by atoms with van der Waals surface area (Å²) in [6.07, 6.45) is 0. The summed E-state index contributed by atoms with van der Waals surface area (Å²) >= 11 is 5.18. The van der Waals surface area contributed by atoms with Crippen molar-refractivity contribution < 1.29 is 13.9 Å². The highest BCUT2D eigenvalue weighted by atomic mass is 32.1. The summed E-state index contributed by atoms with van der Waals surface area (Å²) in [4.78, 5) is 12.2. The van der Waals surface area contributed by atoms with E-state index in [1.54, 1.807) is 24.3 Å². The smallest absolute Gasteiger partial charge is 0.353 e. The van der Waals surface area contributed by atoms with Gasteiger partial charge < -0.3 is 19.3 Å². The van der Waals surface area contributed by atoms with E-state index in [2.05, 4.69) is 20.8 Å². The van der Waals surface area contributed by atoms with Crippen LogP contribution in [0.4, 0.5) is 11.7 Å². The van der Waals surface area contributed by atoms with E-state index in [0.717, 1.165) is 5.69 Å². The van der Waals surface area contributed by atoms with Gasteiger partial charge in [-0.2, -0.15) is 0 Å². The monoisotopic (exact) mass is 380 g/mol. The summed E-state index contributed by atoms with van der Waals surface area (Å²) in [7, 11) is 0. The lowest BCUT2D eigenvalue weighted by atomic mass is 10.1. The van der Waals surface area contributed by atoms with Crippen molar-refractivity contribution in [2.45, 2.75) is 0 Å². The summed E-state index contributed by atoms with van der Waals surface area (Å²) in [5.74, 6) is -0.473. The van der Waals surface area contributed by atoms with Crippen molar-refractivity contribution in [1.29, 1.82) is 0 Å². The number of hydrogen-bond acceptors (Lipinski definition) is 7. The first-order valence-corrected chi connectivity index (χ1v) is 8.24. The first kappa shape index (κ1) is 16.7. The maximum Gasteiger partial charge on any atom is 0.353 e. The maximum absolute atomic E-state index is 12.2. The molecule has 4 rings (SSSR count). The van der Waals surface area contributed by atoms with Gasteiger partial charge in [0, 0.05) is 5.69 Å². The first-order valence-electron chi connectivity index (χ1n) is 7.83. The summed E-state index contributed by atoms with van der Waals surface area (Å²) < 4.78 is 10.6. The molecule has 0 atom stereocenters. The Morgan fingerprint density at radius 3 is 2.52 bits per heavy atom. The standard InChI is InChI=1S/C18H12N4O4S/c23-14-11-8-4-5-9-12(11)25-16(24)13(14)15-21-22-17(26-15)20-18(27)19-10-6-2-1-3-7-10/h1-9,23H,(H2,19,20,22,27). The zero-order valence-electron chi connectivity index (χ0n) is 13.7. The fraction of sp³-hybridized carbons (Fsp3) is 0. The molecule has 0 unspecified atom stereocenters. The topological polar surface area (TPSA) is 113 Å². The largest absolute Gasteiger partial charge is 0.506 e. The zero-order chi connectivity index (χ0) is 18.8. The van der Waals surface area contributed by atoms with Crippen LogP contribution in [0.3, 0.4) is 0 Å². The van der Waals surface area contributed by atoms with Crippen molar-refractivity contribution in [3.05, 3.63) is 65.0 Å². The Hall–Kier alpha value is -3.72. The van der Waals surface area contributed by atoms with E-state index >= 15 is 0 Å². The third-order valence-electron chi connectivity index (χ3n) is 3.68. The van der Waals surface area contributed by atoms with E-state index in [9.17, 15) is 9.90 Å². The number of benzene rings is 2. The number of aromatic nitrogens is 2. The molecule has 2 aromatic carbocycles. The molecular formula is C18H12N4O4S. The normalized spacial score (nSPS) is 10.7. The van der Waals surface area contributed by atoms with Crippen LogP contribution in [0.25, 0.3) is 22.4 Å². The predicted octanol–water partition coefficient (Wildman–Crippen LogP) is 3.36. The molecule has 0 aliphatic carbocycles. The van der Waals surface area contributed by atoms with Crippen LogP contribution >= 0.6 is 12.2 Å². The van der Waals surface area contributed by atoms with E-state index in [0.29, 0.717) is 5.39 Å². The summed E-state index contributed by atoms with van der Waals surface area (Å²) in [6.45, 7) is 0.